The molecule has 0 aliphatic carbocycles. The lowest BCUT2D eigenvalue weighted by Gasteiger charge is -2.34. The van der Waals surface area contributed by atoms with E-state index < -0.39 is 0 Å². The van der Waals surface area contributed by atoms with Crippen LogP contribution in [-0.2, 0) is 4.79 Å². The zero-order valence-corrected chi connectivity index (χ0v) is 14.8. The van der Waals surface area contributed by atoms with E-state index in [1.165, 1.54) is 6.26 Å². The van der Waals surface area contributed by atoms with Crippen molar-refractivity contribution in [3.63, 3.8) is 0 Å². The number of piperazine rings is 1. The van der Waals surface area contributed by atoms with Gasteiger partial charge in [0, 0.05) is 37.3 Å². The standard InChI is InChI=1S/C17H16Cl2N2O4/c18-12-3-4-13(19)15(10-12)25-11-16(22)20-5-7-21(8-6-20)17(23)14-2-1-9-24-14/h1-4,9-10H,5-8,11H2. The second-order valence-corrected chi connectivity index (χ2v) is 6.36. The van der Waals surface area contributed by atoms with Gasteiger partial charge in [-0.3, -0.25) is 9.59 Å². The highest BCUT2D eigenvalue weighted by Gasteiger charge is 2.26. The van der Waals surface area contributed by atoms with Crippen LogP contribution in [-0.4, -0.2) is 54.4 Å². The van der Waals surface area contributed by atoms with Gasteiger partial charge < -0.3 is 19.0 Å². The van der Waals surface area contributed by atoms with Gasteiger partial charge in [0.25, 0.3) is 11.8 Å². The van der Waals surface area contributed by atoms with E-state index >= 15 is 0 Å². The molecule has 1 aliphatic heterocycles. The average Bonchev–Trinajstić information content (AvgIpc) is 3.16. The molecule has 132 valence electrons. The molecule has 1 fully saturated rings. The van der Waals surface area contributed by atoms with Crippen molar-refractivity contribution in [2.75, 3.05) is 32.8 Å². The lowest BCUT2D eigenvalue weighted by Crippen LogP contribution is -2.51. The number of rotatable bonds is 4. The normalized spacial score (nSPS) is 14.5. The Labute approximate surface area is 154 Å². The third kappa shape index (κ3) is 4.27. The number of ether oxygens (including phenoxy) is 1. The van der Waals surface area contributed by atoms with Gasteiger partial charge in [0.1, 0.15) is 5.75 Å². The zero-order valence-electron chi connectivity index (χ0n) is 13.3. The molecule has 25 heavy (non-hydrogen) atoms. The van der Waals surface area contributed by atoms with Crippen LogP contribution < -0.4 is 4.74 Å². The molecule has 6 nitrogen and oxygen atoms in total. The molecule has 1 aliphatic rings. The van der Waals surface area contributed by atoms with Crippen LogP contribution in [0.1, 0.15) is 10.6 Å². The summed E-state index contributed by atoms with van der Waals surface area (Å²) in [5, 5.41) is 0.878. The summed E-state index contributed by atoms with van der Waals surface area (Å²) in [6.07, 6.45) is 1.46. The smallest absolute Gasteiger partial charge is 0.289 e. The highest BCUT2D eigenvalue weighted by atomic mass is 35.5. The van der Waals surface area contributed by atoms with Crippen LogP contribution in [0.4, 0.5) is 0 Å². The summed E-state index contributed by atoms with van der Waals surface area (Å²) in [4.78, 5) is 27.8. The van der Waals surface area contributed by atoms with E-state index in [1.54, 1.807) is 40.1 Å². The van der Waals surface area contributed by atoms with Crippen molar-refractivity contribution in [2.24, 2.45) is 0 Å². The maximum absolute atomic E-state index is 12.3. The third-order valence-electron chi connectivity index (χ3n) is 3.90. The Balaban J connectivity index is 1.50. The monoisotopic (exact) mass is 382 g/mol. The van der Waals surface area contributed by atoms with E-state index in [0.29, 0.717) is 47.7 Å². The summed E-state index contributed by atoms with van der Waals surface area (Å²) in [6.45, 7) is 1.65. The van der Waals surface area contributed by atoms with Gasteiger partial charge in [-0.1, -0.05) is 23.2 Å². The highest BCUT2D eigenvalue weighted by Crippen LogP contribution is 2.27. The van der Waals surface area contributed by atoms with Crippen molar-refractivity contribution in [1.29, 1.82) is 0 Å². The van der Waals surface area contributed by atoms with Crippen LogP contribution in [0.15, 0.2) is 41.0 Å². The highest BCUT2D eigenvalue weighted by molar-refractivity contribution is 6.34. The fourth-order valence-corrected chi connectivity index (χ4v) is 2.87. The van der Waals surface area contributed by atoms with Gasteiger partial charge in [-0.15, -0.1) is 0 Å². The molecule has 0 atom stereocenters. The number of hydrogen-bond donors (Lipinski definition) is 0. The van der Waals surface area contributed by atoms with Crippen LogP contribution >= 0.6 is 23.2 Å². The maximum atomic E-state index is 12.3. The van der Waals surface area contributed by atoms with E-state index in [-0.39, 0.29) is 18.4 Å². The second kappa shape index (κ2) is 7.80. The first-order valence-corrected chi connectivity index (χ1v) is 8.48. The van der Waals surface area contributed by atoms with Gasteiger partial charge in [0.05, 0.1) is 11.3 Å². The summed E-state index contributed by atoms with van der Waals surface area (Å²) >= 11 is 11.9. The maximum Gasteiger partial charge on any atom is 0.289 e. The van der Waals surface area contributed by atoms with E-state index in [2.05, 4.69) is 0 Å². The molecular weight excluding hydrogens is 367 g/mol. The zero-order chi connectivity index (χ0) is 17.8. The molecule has 0 bridgehead atoms. The van der Waals surface area contributed by atoms with Gasteiger partial charge in [0.2, 0.25) is 0 Å². The third-order valence-corrected chi connectivity index (χ3v) is 4.44. The Morgan fingerprint density at radius 1 is 1.08 bits per heavy atom. The number of halogens is 2. The summed E-state index contributed by atoms with van der Waals surface area (Å²) < 4.78 is 10.6. The van der Waals surface area contributed by atoms with Gasteiger partial charge in [-0.2, -0.15) is 0 Å². The van der Waals surface area contributed by atoms with E-state index in [0.717, 1.165) is 0 Å². The predicted octanol–water partition coefficient (Wildman–Crippen LogP) is 2.95. The summed E-state index contributed by atoms with van der Waals surface area (Å²) in [5.74, 6) is 0.341. The SMILES string of the molecule is O=C(COc1cc(Cl)ccc1Cl)N1CCN(C(=O)c2ccco2)CC1. The Bertz CT molecular complexity index is 756. The van der Waals surface area contributed by atoms with E-state index in [4.69, 9.17) is 32.4 Å². The minimum atomic E-state index is -0.168. The summed E-state index contributed by atoms with van der Waals surface area (Å²) in [6, 6.07) is 8.13. The van der Waals surface area contributed by atoms with Gasteiger partial charge in [0.15, 0.2) is 12.4 Å². The average molecular weight is 383 g/mol. The Hall–Kier alpha value is -2.18. The van der Waals surface area contributed by atoms with E-state index in [1.807, 2.05) is 0 Å². The molecule has 0 spiro atoms. The number of benzene rings is 1. The molecule has 2 aromatic rings. The van der Waals surface area contributed by atoms with Crippen molar-refractivity contribution < 1.29 is 18.7 Å². The molecule has 1 saturated heterocycles. The number of hydrogen-bond acceptors (Lipinski definition) is 4. The molecule has 2 amide bonds. The number of carbonyl (C=O) groups is 2. The summed E-state index contributed by atoms with van der Waals surface area (Å²) in [7, 11) is 0. The molecule has 0 radical (unpaired) electrons. The van der Waals surface area contributed by atoms with Crippen LogP contribution in [0.25, 0.3) is 0 Å². The van der Waals surface area contributed by atoms with Crippen LogP contribution in [0.5, 0.6) is 5.75 Å². The second-order valence-electron chi connectivity index (χ2n) is 5.51. The van der Waals surface area contributed by atoms with Crippen LogP contribution in [0.3, 0.4) is 0 Å². The van der Waals surface area contributed by atoms with E-state index in [9.17, 15) is 9.59 Å². The van der Waals surface area contributed by atoms with Crippen molar-refractivity contribution >= 4 is 35.0 Å². The molecule has 3 rings (SSSR count). The molecule has 0 unspecified atom stereocenters. The molecule has 2 heterocycles. The summed E-state index contributed by atoms with van der Waals surface area (Å²) in [5.41, 5.74) is 0. The largest absolute Gasteiger partial charge is 0.482 e. The first kappa shape index (κ1) is 17.6. The lowest BCUT2D eigenvalue weighted by molar-refractivity contribution is -0.134. The molecule has 1 aromatic carbocycles. The van der Waals surface area contributed by atoms with Crippen molar-refractivity contribution in [2.45, 2.75) is 0 Å². The van der Waals surface area contributed by atoms with Crippen LogP contribution in [0.2, 0.25) is 10.0 Å². The van der Waals surface area contributed by atoms with Crippen molar-refractivity contribution in [1.82, 2.24) is 9.80 Å². The number of amides is 2. The predicted molar refractivity (Wildman–Crippen MR) is 93.1 cm³/mol. The first-order chi connectivity index (χ1) is 12.0. The number of carbonyl (C=O) groups excluding carboxylic acids is 2. The molecule has 0 N–H and O–H groups in total. The Morgan fingerprint density at radius 3 is 2.48 bits per heavy atom. The minimum absolute atomic E-state index is 0.133. The molecule has 8 heteroatoms. The first-order valence-electron chi connectivity index (χ1n) is 7.73. The molecule has 1 aromatic heterocycles. The quantitative estimate of drug-likeness (QED) is 0.815. The Kier molecular flexibility index (Phi) is 5.50. The Morgan fingerprint density at radius 2 is 1.80 bits per heavy atom. The van der Waals surface area contributed by atoms with Crippen molar-refractivity contribution in [3.05, 3.63) is 52.4 Å². The van der Waals surface area contributed by atoms with Gasteiger partial charge in [-0.25, -0.2) is 0 Å². The fraction of sp³-hybridized carbons (Fsp3) is 0.294. The topological polar surface area (TPSA) is 63.0 Å². The molecule has 0 saturated carbocycles. The molecular formula is C17H16Cl2N2O4. The van der Waals surface area contributed by atoms with Gasteiger partial charge >= 0.3 is 0 Å². The van der Waals surface area contributed by atoms with Crippen molar-refractivity contribution in [3.8, 4) is 5.75 Å². The minimum Gasteiger partial charge on any atom is -0.482 e. The number of furan rings is 1. The number of nitrogens with zero attached hydrogens (tertiary/aromatic N) is 2. The fourth-order valence-electron chi connectivity index (χ4n) is 2.53. The van der Waals surface area contributed by atoms with Crippen LogP contribution in [0, 0.1) is 0 Å². The lowest BCUT2D eigenvalue weighted by atomic mass is 10.3. The van der Waals surface area contributed by atoms with Gasteiger partial charge in [-0.05, 0) is 24.3 Å².